The molecule has 21 heavy (non-hydrogen) atoms. The van der Waals surface area contributed by atoms with Crippen LogP contribution in [-0.2, 0) is 6.42 Å². The predicted molar refractivity (Wildman–Crippen MR) is 82.2 cm³/mol. The average molecular weight is 290 g/mol. The molecule has 1 N–H and O–H groups in total. The Kier molecular flexibility index (Phi) is 4.51. The highest BCUT2D eigenvalue weighted by atomic mass is 16.3. The van der Waals surface area contributed by atoms with E-state index in [0.717, 1.165) is 37.9 Å². The maximum Gasteiger partial charge on any atom is 0.317 e. The zero-order chi connectivity index (χ0) is 14.7. The SMILES string of the molecule is CN(C(=O)NC1CCCc2occc21)C1CCCCCC1. The maximum absolute atomic E-state index is 12.5. The van der Waals surface area contributed by atoms with Crippen LogP contribution in [0.2, 0.25) is 0 Å². The molecule has 1 fully saturated rings. The van der Waals surface area contributed by atoms with Crippen molar-refractivity contribution < 1.29 is 9.21 Å². The fourth-order valence-electron chi connectivity index (χ4n) is 3.70. The Balaban J connectivity index is 1.61. The van der Waals surface area contributed by atoms with Gasteiger partial charge < -0.3 is 14.6 Å². The van der Waals surface area contributed by atoms with Crippen molar-refractivity contribution in [1.82, 2.24) is 10.2 Å². The van der Waals surface area contributed by atoms with Gasteiger partial charge in [-0.05, 0) is 31.7 Å². The number of nitrogens with zero attached hydrogens (tertiary/aromatic N) is 1. The number of fused-ring (bicyclic) bond motifs is 1. The Hall–Kier alpha value is -1.45. The van der Waals surface area contributed by atoms with E-state index in [4.69, 9.17) is 4.42 Å². The molecule has 1 heterocycles. The molecule has 0 radical (unpaired) electrons. The van der Waals surface area contributed by atoms with Gasteiger partial charge in [-0.15, -0.1) is 0 Å². The number of amides is 2. The zero-order valence-corrected chi connectivity index (χ0v) is 12.9. The summed E-state index contributed by atoms with van der Waals surface area (Å²) in [6.07, 6.45) is 12.2. The normalized spacial score (nSPS) is 23.2. The summed E-state index contributed by atoms with van der Waals surface area (Å²) in [7, 11) is 1.95. The Bertz CT molecular complexity index is 475. The number of urea groups is 1. The number of hydrogen-bond donors (Lipinski definition) is 1. The van der Waals surface area contributed by atoms with Gasteiger partial charge in [-0.1, -0.05) is 25.7 Å². The van der Waals surface area contributed by atoms with Crippen LogP contribution in [0.25, 0.3) is 0 Å². The van der Waals surface area contributed by atoms with Crippen LogP contribution in [0.1, 0.15) is 68.7 Å². The van der Waals surface area contributed by atoms with Crippen molar-refractivity contribution in [3.05, 3.63) is 23.7 Å². The Labute approximate surface area is 126 Å². The molecule has 0 aliphatic heterocycles. The first kappa shape index (κ1) is 14.5. The Morgan fingerprint density at radius 2 is 1.95 bits per heavy atom. The molecule has 0 aromatic carbocycles. The van der Waals surface area contributed by atoms with Crippen LogP contribution in [0.5, 0.6) is 0 Å². The third kappa shape index (κ3) is 3.25. The van der Waals surface area contributed by atoms with Gasteiger partial charge in [-0.25, -0.2) is 4.79 Å². The van der Waals surface area contributed by atoms with Gasteiger partial charge in [0.2, 0.25) is 0 Å². The molecule has 2 aliphatic carbocycles. The fraction of sp³-hybridized carbons (Fsp3) is 0.706. The van der Waals surface area contributed by atoms with Crippen LogP contribution in [0, 0.1) is 0 Å². The van der Waals surface area contributed by atoms with E-state index >= 15 is 0 Å². The molecular formula is C17H26N2O2. The van der Waals surface area contributed by atoms with Crippen LogP contribution in [0.4, 0.5) is 4.79 Å². The standard InChI is InChI=1S/C17H26N2O2/c1-19(13-7-4-2-3-5-8-13)17(20)18-15-9-6-10-16-14(15)11-12-21-16/h11-13,15H,2-10H2,1H3,(H,18,20). The van der Waals surface area contributed by atoms with E-state index in [9.17, 15) is 4.79 Å². The molecule has 0 spiro atoms. The van der Waals surface area contributed by atoms with Crippen molar-refractivity contribution in [2.45, 2.75) is 69.9 Å². The maximum atomic E-state index is 12.5. The Morgan fingerprint density at radius 1 is 1.19 bits per heavy atom. The summed E-state index contributed by atoms with van der Waals surface area (Å²) in [5.74, 6) is 1.05. The van der Waals surface area contributed by atoms with Gasteiger partial charge in [0.05, 0.1) is 12.3 Å². The molecule has 2 amide bonds. The molecule has 4 nitrogen and oxygen atoms in total. The molecule has 116 valence electrons. The summed E-state index contributed by atoms with van der Waals surface area (Å²) in [5.41, 5.74) is 1.17. The summed E-state index contributed by atoms with van der Waals surface area (Å²) in [6.45, 7) is 0. The second-order valence-electron chi connectivity index (χ2n) is 6.45. The molecule has 2 aliphatic rings. The quantitative estimate of drug-likeness (QED) is 0.836. The van der Waals surface area contributed by atoms with Crippen molar-refractivity contribution in [1.29, 1.82) is 0 Å². The van der Waals surface area contributed by atoms with Crippen molar-refractivity contribution >= 4 is 6.03 Å². The first-order valence-corrected chi connectivity index (χ1v) is 8.35. The third-order valence-electron chi connectivity index (χ3n) is 5.04. The molecule has 1 aromatic rings. The molecule has 0 saturated heterocycles. The highest BCUT2D eigenvalue weighted by Gasteiger charge is 2.27. The number of hydrogen-bond acceptors (Lipinski definition) is 2. The third-order valence-corrected chi connectivity index (χ3v) is 5.04. The lowest BCUT2D eigenvalue weighted by Gasteiger charge is -2.30. The summed E-state index contributed by atoms with van der Waals surface area (Å²) >= 11 is 0. The molecular weight excluding hydrogens is 264 g/mol. The van der Waals surface area contributed by atoms with Gasteiger partial charge in [0, 0.05) is 25.1 Å². The molecule has 1 unspecified atom stereocenters. The summed E-state index contributed by atoms with van der Waals surface area (Å²) in [4.78, 5) is 14.5. The topological polar surface area (TPSA) is 45.5 Å². The van der Waals surface area contributed by atoms with E-state index in [1.165, 1.54) is 31.2 Å². The number of carbonyl (C=O) groups excluding carboxylic acids is 1. The summed E-state index contributed by atoms with van der Waals surface area (Å²) in [6, 6.07) is 2.60. The van der Waals surface area contributed by atoms with Gasteiger partial charge in [-0.2, -0.15) is 0 Å². The second kappa shape index (κ2) is 6.54. The lowest BCUT2D eigenvalue weighted by Crippen LogP contribution is -2.45. The van der Waals surface area contributed by atoms with E-state index < -0.39 is 0 Å². The minimum absolute atomic E-state index is 0.0703. The van der Waals surface area contributed by atoms with Crippen LogP contribution in [0.15, 0.2) is 16.7 Å². The number of aryl methyl sites for hydroxylation is 1. The number of rotatable bonds is 2. The van der Waals surface area contributed by atoms with Crippen LogP contribution >= 0.6 is 0 Å². The van der Waals surface area contributed by atoms with Gasteiger partial charge in [0.1, 0.15) is 5.76 Å². The van der Waals surface area contributed by atoms with Crippen molar-refractivity contribution in [3.63, 3.8) is 0 Å². The molecule has 1 aromatic heterocycles. The lowest BCUT2D eigenvalue weighted by atomic mass is 9.93. The van der Waals surface area contributed by atoms with Crippen molar-refractivity contribution in [3.8, 4) is 0 Å². The first-order valence-electron chi connectivity index (χ1n) is 8.35. The molecule has 3 rings (SSSR count). The smallest absolute Gasteiger partial charge is 0.317 e. The minimum atomic E-state index is 0.0703. The highest BCUT2D eigenvalue weighted by molar-refractivity contribution is 5.74. The van der Waals surface area contributed by atoms with E-state index in [1.54, 1.807) is 6.26 Å². The number of nitrogens with one attached hydrogen (secondary N) is 1. The van der Waals surface area contributed by atoms with Gasteiger partial charge in [0.15, 0.2) is 0 Å². The monoisotopic (exact) mass is 290 g/mol. The van der Waals surface area contributed by atoms with Gasteiger partial charge in [-0.3, -0.25) is 0 Å². The van der Waals surface area contributed by atoms with Gasteiger partial charge in [0.25, 0.3) is 0 Å². The number of furan rings is 1. The van der Waals surface area contributed by atoms with E-state index in [0.29, 0.717) is 6.04 Å². The van der Waals surface area contributed by atoms with Crippen LogP contribution < -0.4 is 5.32 Å². The molecule has 1 saturated carbocycles. The second-order valence-corrected chi connectivity index (χ2v) is 6.45. The zero-order valence-electron chi connectivity index (χ0n) is 12.9. The minimum Gasteiger partial charge on any atom is -0.469 e. The first-order chi connectivity index (χ1) is 10.3. The Morgan fingerprint density at radius 3 is 2.71 bits per heavy atom. The van der Waals surface area contributed by atoms with E-state index in [-0.39, 0.29) is 12.1 Å². The summed E-state index contributed by atoms with van der Waals surface area (Å²) < 4.78 is 5.50. The largest absolute Gasteiger partial charge is 0.469 e. The molecule has 1 atom stereocenters. The summed E-state index contributed by atoms with van der Waals surface area (Å²) in [5, 5.41) is 3.21. The van der Waals surface area contributed by atoms with Crippen LogP contribution in [-0.4, -0.2) is 24.0 Å². The van der Waals surface area contributed by atoms with Crippen molar-refractivity contribution in [2.24, 2.45) is 0 Å². The van der Waals surface area contributed by atoms with E-state index in [2.05, 4.69) is 5.32 Å². The van der Waals surface area contributed by atoms with Crippen molar-refractivity contribution in [2.75, 3.05) is 7.05 Å². The predicted octanol–water partition coefficient (Wildman–Crippen LogP) is 4.02. The molecule has 4 heteroatoms. The lowest BCUT2D eigenvalue weighted by molar-refractivity contribution is 0.178. The highest BCUT2D eigenvalue weighted by Crippen LogP contribution is 2.30. The molecule has 0 bridgehead atoms. The van der Waals surface area contributed by atoms with Crippen LogP contribution in [0.3, 0.4) is 0 Å². The fourth-order valence-corrected chi connectivity index (χ4v) is 3.70. The average Bonchev–Trinajstić information content (AvgIpc) is 2.81. The van der Waals surface area contributed by atoms with E-state index in [1.807, 2.05) is 18.0 Å². The van der Waals surface area contributed by atoms with Gasteiger partial charge >= 0.3 is 6.03 Å². The number of carbonyl (C=O) groups is 1.